The largest absolute Gasteiger partial charge is 0.466 e. The van der Waals surface area contributed by atoms with Crippen LogP contribution in [0.1, 0.15) is 64.5 Å². The molecule has 1 aromatic carbocycles. The summed E-state index contributed by atoms with van der Waals surface area (Å²) in [7, 11) is 0. The lowest BCUT2D eigenvalue weighted by molar-refractivity contribution is -0.145. The number of hydrogen-bond acceptors (Lipinski definition) is 5. The number of pyridine rings is 1. The summed E-state index contributed by atoms with van der Waals surface area (Å²) in [5.74, 6) is 1.64. The number of fused-ring (bicyclic) bond motifs is 2. The topological polar surface area (TPSA) is 65.5 Å². The Hall–Kier alpha value is -3.02. The van der Waals surface area contributed by atoms with Crippen molar-refractivity contribution in [1.82, 2.24) is 4.98 Å². The minimum Gasteiger partial charge on any atom is -0.466 e. The van der Waals surface area contributed by atoms with Crippen LogP contribution in [0.5, 0.6) is 0 Å². The van der Waals surface area contributed by atoms with Crippen LogP contribution in [0.4, 0.5) is 4.39 Å². The molecule has 0 amide bonds. The number of allylic oxidation sites excluding steroid dienone is 1. The Morgan fingerprint density at radius 1 is 1.18 bits per heavy atom. The monoisotopic (exact) mass is 519 g/mol. The van der Waals surface area contributed by atoms with Gasteiger partial charge in [0.15, 0.2) is 0 Å². The van der Waals surface area contributed by atoms with Crippen molar-refractivity contribution < 1.29 is 23.5 Å². The minimum absolute atomic E-state index is 0.0394. The number of halogens is 1. The summed E-state index contributed by atoms with van der Waals surface area (Å²) >= 11 is 0. The Morgan fingerprint density at radius 3 is 2.82 bits per heavy atom. The van der Waals surface area contributed by atoms with Crippen LogP contribution in [-0.4, -0.2) is 29.6 Å². The highest BCUT2D eigenvalue weighted by Crippen LogP contribution is 2.55. The Balaban J connectivity index is 1.28. The SMILES string of the molecule is CCOC(=O)CCC[C@H]1CC[C@@H]2[C@H](C1)C[C@@H]1C(=O)O[C@@H](C)[C@H]1[C@@H]2/C=C/c1ccc(-c2cccc(F)c2)cn1. The molecular weight excluding hydrogens is 481 g/mol. The molecule has 6 heteroatoms. The van der Waals surface area contributed by atoms with Crippen molar-refractivity contribution in [3.8, 4) is 11.1 Å². The molecule has 1 saturated heterocycles. The van der Waals surface area contributed by atoms with Gasteiger partial charge in [-0.3, -0.25) is 14.6 Å². The predicted molar refractivity (Wildman–Crippen MR) is 144 cm³/mol. The van der Waals surface area contributed by atoms with Crippen molar-refractivity contribution in [1.29, 1.82) is 0 Å². The molecule has 1 aromatic heterocycles. The summed E-state index contributed by atoms with van der Waals surface area (Å²) in [6, 6.07) is 10.5. The quantitative estimate of drug-likeness (QED) is 0.356. The van der Waals surface area contributed by atoms with Gasteiger partial charge in [-0.25, -0.2) is 4.39 Å². The highest BCUT2D eigenvalue weighted by atomic mass is 19.1. The fourth-order valence-corrected chi connectivity index (χ4v) is 7.30. The Kier molecular flexibility index (Phi) is 8.25. The normalized spacial score (nSPS) is 30.5. The van der Waals surface area contributed by atoms with Crippen LogP contribution in [0.3, 0.4) is 0 Å². The molecule has 38 heavy (non-hydrogen) atoms. The molecule has 0 bridgehead atoms. The van der Waals surface area contributed by atoms with E-state index in [9.17, 15) is 14.0 Å². The number of nitrogens with zero attached hydrogens (tertiary/aromatic N) is 1. The number of esters is 2. The van der Waals surface area contributed by atoms with Gasteiger partial charge >= 0.3 is 11.9 Å². The highest BCUT2D eigenvalue weighted by molar-refractivity contribution is 5.75. The highest BCUT2D eigenvalue weighted by Gasteiger charge is 2.54. The summed E-state index contributed by atoms with van der Waals surface area (Å²) < 4.78 is 24.4. The van der Waals surface area contributed by atoms with E-state index in [1.165, 1.54) is 12.1 Å². The molecule has 2 aromatic rings. The lowest BCUT2D eigenvalue weighted by Crippen LogP contribution is -2.44. The van der Waals surface area contributed by atoms with Gasteiger partial charge in [0.1, 0.15) is 11.9 Å². The number of carbonyl (C=O) groups is 2. The molecular formula is C32H38FNO4. The minimum atomic E-state index is -0.260. The van der Waals surface area contributed by atoms with E-state index in [0.717, 1.165) is 55.3 Å². The van der Waals surface area contributed by atoms with E-state index >= 15 is 0 Å². The molecule has 2 aliphatic carbocycles. The lowest BCUT2D eigenvalue weighted by Gasteiger charge is -2.47. The van der Waals surface area contributed by atoms with E-state index in [-0.39, 0.29) is 41.6 Å². The van der Waals surface area contributed by atoms with E-state index in [4.69, 9.17) is 9.47 Å². The van der Waals surface area contributed by atoms with Crippen LogP contribution in [0.15, 0.2) is 48.7 Å². The summed E-state index contributed by atoms with van der Waals surface area (Å²) in [5, 5.41) is 0. The number of ether oxygens (including phenoxy) is 2. The smallest absolute Gasteiger partial charge is 0.309 e. The summed E-state index contributed by atoms with van der Waals surface area (Å²) in [4.78, 5) is 29.1. The van der Waals surface area contributed by atoms with E-state index in [1.807, 2.05) is 32.0 Å². The van der Waals surface area contributed by atoms with Gasteiger partial charge in [-0.15, -0.1) is 0 Å². The van der Waals surface area contributed by atoms with Crippen LogP contribution in [-0.2, 0) is 19.1 Å². The van der Waals surface area contributed by atoms with Gasteiger partial charge in [0, 0.05) is 24.1 Å². The second-order valence-electron chi connectivity index (χ2n) is 11.3. The lowest BCUT2D eigenvalue weighted by atomic mass is 9.56. The van der Waals surface area contributed by atoms with Gasteiger partial charge in [0.2, 0.25) is 0 Å². The molecule has 3 aliphatic rings. The molecule has 0 unspecified atom stereocenters. The summed E-state index contributed by atoms with van der Waals surface area (Å²) in [5.41, 5.74) is 2.54. The van der Waals surface area contributed by atoms with Crippen molar-refractivity contribution in [2.24, 2.45) is 35.5 Å². The van der Waals surface area contributed by atoms with E-state index in [0.29, 0.717) is 30.8 Å². The van der Waals surface area contributed by atoms with Gasteiger partial charge in [-0.05, 0) is 99.5 Å². The van der Waals surface area contributed by atoms with Crippen molar-refractivity contribution in [2.45, 2.75) is 64.9 Å². The first-order valence-corrected chi connectivity index (χ1v) is 14.2. The summed E-state index contributed by atoms with van der Waals surface area (Å²) in [6.07, 6.45) is 12.8. The fourth-order valence-electron chi connectivity index (χ4n) is 7.30. The summed E-state index contributed by atoms with van der Waals surface area (Å²) in [6.45, 7) is 4.31. The molecule has 5 nitrogen and oxygen atoms in total. The Labute approximate surface area is 224 Å². The molecule has 7 atom stereocenters. The van der Waals surface area contributed by atoms with Gasteiger partial charge in [-0.1, -0.05) is 30.7 Å². The Bertz CT molecular complexity index is 1160. The van der Waals surface area contributed by atoms with Crippen LogP contribution >= 0.6 is 0 Å². The van der Waals surface area contributed by atoms with E-state index in [2.05, 4.69) is 17.1 Å². The second-order valence-corrected chi connectivity index (χ2v) is 11.3. The zero-order valence-corrected chi connectivity index (χ0v) is 22.4. The van der Waals surface area contributed by atoms with Crippen molar-refractivity contribution in [3.05, 3.63) is 60.2 Å². The molecule has 3 fully saturated rings. The molecule has 2 saturated carbocycles. The molecule has 5 rings (SSSR count). The van der Waals surface area contributed by atoms with Gasteiger partial charge < -0.3 is 9.47 Å². The van der Waals surface area contributed by atoms with E-state index < -0.39 is 0 Å². The van der Waals surface area contributed by atoms with Crippen LogP contribution in [0, 0.1) is 41.3 Å². The van der Waals surface area contributed by atoms with Gasteiger partial charge in [0.25, 0.3) is 0 Å². The third-order valence-electron chi connectivity index (χ3n) is 8.99. The van der Waals surface area contributed by atoms with Crippen molar-refractivity contribution in [3.63, 3.8) is 0 Å². The standard InChI is InChI=1S/C32H38FNO4/c1-3-37-30(35)9-4-6-21-10-14-27-24(16-21)18-29-31(20(2)38-32(29)36)28(27)15-13-26-12-11-23(19-34-26)22-7-5-8-25(33)17-22/h5,7-8,11-13,15,17,19-21,24,27-29,31H,3-4,6,9-10,14,16,18H2,1-2H3/b15-13+/t20-,21-,24+,27+,28+,29-,31-/m0/s1. The number of aromatic nitrogens is 1. The van der Waals surface area contributed by atoms with E-state index in [1.54, 1.807) is 12.3 Å². The predicted octanol–water partition coefficient (Wildman–Crippen LogP) is 6.86. The van der Waals surface area contributed by atoms with Crippen molar-refractivity contribution in [2.75, 3.05) is 6.61 Å². The molecule has 0 N–H and O–H groups in total. The Morgan fingerprint density at radius 2 is 2.05 bits per heavy atom. The first-order valence-electron chi connectivity index (χ1n) is 14.2. The maximum absolute atomic E-state index is 13.6. The zero-order chi connectivity index (χ0) is 26.6. The number of cyclic esters (lactones) is 1. The van der Waals surface area contributed by atoms with Crippen LogP contribution < -0.4 is 0 Å². The number of rotatable bonds is 8. The number of carbonyl (C=O) groups excluding carboxylic acids is 2. The average Bonchev–Trinajstić information content (AvgIpc) is 3.19. The molecule has 0 spiro atoms. The maximum Gasteiger partial charge on any atom is 0.309 e. The van der Waals surface area contributed by atoms with Crippen LogP contribution in [0.25, 0.3) is 17.2 Å². The first kappa shape index (κ1) is 26.6. The second kappa shape index (κ2) is 11.8. The molecule has 0 radical (unpaired) electrons. The molecule has 2 heterocycles. The van der Waals surface area contributed by atoms with Gasteiger partial charge in [-0.2, -0.15) is 0 Å². The maximum atomic E-state index is 13.6. The van der Waals surface area contributed by atoms with Crippen LogP contribution in [0.2, 0.25) is 0 Å². The number of benzene rings is 1. The number of hydrogen-bond donors (Lipinski definition) is 0. The third-order valence-corrected chi connectivity index (χ3v) is 8.99. The molecule has 202 valence electrons. The third kappa shape index (κ3) is 5.84. The molecule has 1 aliphatic heterocycles. The fraction of sp³-hybridized carbons (Fsp3) is 0.531. The van der Waals surface area contributed by atoms with Gasteiger partial charge in [0.05, 0.1) is 18.2 Å². The average molecular weight is 520 g/mol. The zero-order valence-electron chi connectivity index (χ0n) is 22.4. The van der Waals surface area contributed by atoms with Crippen molar-refractivity contribution >= 4 is 18.0 Å². The first-order chi connectivity index (χ1) is 18.4.